The van der Waals surface area contributed by atoms with Crippen molar-refractivity contribution in [2.75, 3.05) is 7.11 Å². The molecule has 0 aliphatic heterocycles. The van der Waals surface area contributed by atoms with Crippen molar-refractivity contribution in [2.24, 2.45) is 7.05 Å². The lowest BCUT2D eigenvalue weighted by Gasteiger charge is -2.09. The van der Waals surface area contributed by atoms with Crippen molar-refractivity contribution in [2.45, 2.75) is 19.4 Å². The summed E-state index contributed by atoms with van der Waals surface area (Å²) in [6.45, 7) is 1.97. The Labute approximate surface area is 111 Å². The average Bonchev–Trinajstić information content (AvgIpc) is 2.75. The van der Waals surface area contributed by atoms with Gasteiger partial charge in [-0.1, -0.05) is 11.6 Å². The second-order valence-corrected chi connectivity index (χ2v) is 4.53. The second kappa shape index (κ2) is 5.46. The van der Waals surface area contributed by atoms with Crippen LogP contribution in [0.1, 0.15) is 12.7 Å². The molecule has 2 aromatic rings. The van der Waals surface area contributed by atoms with Crippen LogP contribution in [-0.4, -0.2) is 33.0 Å². The number of rotatable bonds is 4. The molecule has 0 bridgehead atoms. The van der Waals surface area contributed by atoms with Gasteiger partial charge in [-0.2, -0.15) is 5.10 Å². The minimum absolute atomic E-state index is 0.0604. The van der Waals surface area contributed by atoms with E-state index >= 15 is 0 Å². The van der Waals surface area contributed by atoms with Gasteiger partial charge in [0, 0.05) is 38.4 Å². The lowest BCUT2D eigenvalue weighted by Crippen LogP contribution is -2.11. The Bertz CT molecular complexity index is 541. The molecule has 0 fully saturated rings. The number of hydrogen-bond acceptors (Lipinski definition) is 4. The number of nitrogens with zero attached hydrogens (tertiary/aromatic N) is 4. The zero-order valence-corrected chi connectivity index (χ0v) is 11.3. The summed E-state index contributed by atoms with van der Waals surface area (Å²) in [4.78, 5) is 8.68. The fourth-order valence-corrected chi connectivity index (χ4v) is 1.80. The largest absolute Gasteiger partial charge is 0.381 e. The standard InChI is InChI=1S/C12H15ClN4O/c1-8(18-3)4-12-15-10(5-11(13)16-12)9-6-14-17(2)7-9/h5-8H,4H2,1-3H3. The van der Waals surface area contributed by atoms with Gasteiger partial charge in [-0.15, -0.1) is 0 Å². The van der Waals surface area contributed by atoms with E-state index in [0.717, 1.165) is 11.3 Å². The van der Waals surface area contributed by atoms with Gasteiger partial charge in [-0.3, -0.25) is 4.68 Å². The van der Waals surface area contributed by atoms with Crippen molar-refractivity contribution in [3.63, 3.8) is 0 Å². The van der Waals surface area contributed by atoms with Gasteiger partial charge in [0.1, 0.15) is 11.0 Å². The molecule has 2 heterocycles. The van der Waals surface area contributed by atoms with E-state index < -0.39 is 0 Å². The molecule has 0 aliphatic rings. The summed E-state index contributed by atoms with van der Waals surface area (Å²) in [7, 11) is 3.53. The van der Waals surface area contributed by atoms with Gasteiger partial charge in [0.2, 0.25) is 0 Å². The highest BCUT2D eigenvalue weighted by molar-refractivity contribution is 6.29. The van der Waals surface area contributed by atoms with Gasteiger partial charge in [0.15, 0.2) is 0 Å². The molecule has 6 heteroatoms. The van der Waals surface area contributed by atoms with E-state index in [4.69, 9.17) is 16.3 Å². The highest BCUT2D eigenvalue weighted by atomic mass is 35.5. The number of halogens is 1. The molecular weight excluding hydrogens is 252 g/mol. The molecule has 2 aromatic heterocycles. The van der Waals surface area contributed by atoms with Crippen LogP contribution < -0.4 is 0 Å². The summed E-state index contributed by atoms with van der Waals surface area (Å²) >= 11 is 6.01. The maximum Gasteiger partial charge on any atom is 0.133 e. The summed E-state index contributed by atoms with van der Waals surface area (Å²) in [6, 6.07) is 1.74. The van der Waals surface area contributed by atoms with Gasteiger partial charge >= 0.3 is 0 Å². The summed E-state index contributed by atoms with van der Waals surface area (Å²) in [5.41, 5.74) is 1.70. The molecule has 2 rings (SSSR count). The fraction of sp³-hybridized carbons (Fsp3) is 0.417. The molecule has 1 unspecified atom stereocenters. The molecule has 0 N–H and O–H groups in total. The van der Waals surface area contributed by atoms with Gasteiger partial charge in [0.05, 0.1) is 18.0 Å². The predicted octanol–water partition coefficient (Wildman–Crippen LogP) is 2.11. The van der Waals surface area contributed by atoms with Gasteiger partial charge in [0.25, 0.3) is 0 Å². The normalized spacial score (nSPS) is 12.7. The number of methoxy groups -OCH3 is 1. The van der Waals surface area contributed by atoms with E-state index in [9.17, 15) is 0 Å². The molecular formula is C12H15ClN4O. The van der Waals surface area contributed by atoms with Gasteiger partial charge in [-0.25, -0.2) is 9.97 Å². The topological polar surface area (TPSA) is 52.8 Å². The van der Waals surface area contributed by atoms with Crippen molar-refractivity contribution in [1.82, 2.24) is 19.7 Å². The highest BCUT2D eigenvalue weighted by Crippen LogP contribution is 2.19. The SMILES string of the molecule is COC(C)Cc1nc(Cl)cc(-c2cnn(C)c2)n1. The summed E-state index contributed by atoms with van der Waals surface area (Å²) < 4.78 is 6.93. The smallest absolute Gasteiger partial charge is 0.133 e. The third kappa shape index (κ3) is 3.05. The third-order valence-electron chi connectivity index (χ3n) is 2.61. The van der Waals surface area contributed by atoms with Crippen molar-refractivity contribution in [3.05, 3.63) is 29.4 Å². The Hall–Kier alpha value is -1.46. The Morgan fingerprint density at radius 3 is 2.83 bits per heavy atom. The van der Waals surface area contributed by atoms with Crippen LogP contribution in [0.15, 0.2) is 18.5 Å². The zero-order chi connectivity index (χ0) is 13.1. The first-order chi connectivity index (χ1) is 8.58. The maximum atomic E-state index is 6.01. The lowest BCUT2D eigenvalue weighted by atomic mass is 10.2. The lowest BCUT2D eigenvalue weighted by molar-refractivity contribution is 0.117. The molecule has 0 saturated heterocycles. The summed E-state index contributed by atoms with van der Waals surface area (Å²) in [5, 5.41) is 4.55. The fourth-order valence-electron chi connectivity index (χ4n) is 1.60. The number of aromatic nitrogens is 4. The highest BCUT2D eigenvalue weighted by Gasteiger charge is 2.10. The van der Waals surface area contributed by atoms with E-state index in [-0.39, 0.29) is 6.10 Å². The molecule has 0 aromatic carbocycles. The molecule has 0 aliphatic carbocycles. The minimum Gasteiger partial charge on any atom is -0.381 e. The number of aryl methyl sites for hydroxylation is 1. The first kappa shape index (κ1) is 13.0. The van der Waals surface area contributed by atoms with Crippen molar-refractivity contribution in [3.8, 4) is 11.3 Å². The van der Waals surface area contributed by atoms with Crippen LogP contribution in [0.4, 0.5) is 0 Å². The van der Waals surface area contributed by atoms with Crippen molar-refractivity contribution < 1.29 is 4.74 Å². The number of hydrogen-bond donors (Lipinski definition) is 0. The molecule has 0 saturated carbocycles. The third-order valence-corrected chi connectivity index (χ3v) is 2.81. The van der Waals surface area contributed by atoms with Crippen LogP contribution in [0, 0.1) is 0 Å². The zero-order valence-electron chi connectivity index (χ0n) is 10.6. The minimum atomic E-state index is 0.0604. The quantitative estimate of drug-likeness (QED) is 0.796. The molecule has 0 radical (unpaired) electrons. The van der Waals surface area contributed by atoms with E-state index in [1.54, 1.807) is 24.1 Å². The summed E-state index contributed by atoms with van der Waals surface area (Å²) in [5.74, 6) is 0.677. The first-order valence-corrected chi connectivity index (χ1v) is 6.01. The molecule has 0 spiro atoms. The van der Waals surface area contributed by atoms with E-state index in [1.807, 2.05) is 20.2 Å². The van der Waals surface area contributed by atoms with Crippen LogP contribution in [0.2, 0.25) is 5.15 Å². The predicted molar refractivity (Wildman–Crippen MR) is 69.4 cm³/mol. The van der Waals surface area contributed by atoms with Crippen LogP contribution in [0.25, 0.3) is 11.3 Å². The average molecular weight is 267 g/mol. The van der Waals surface area contributed by atoms with Crippen LogP contribution in [0.3, 0.4) is 0 Å². The monoisotopic (exact) mass is 266 g/mol. The Morgan fingerprint density at radius 2 is 2.22 bits per heavy atom. The van der Waals surface area contributed by atoms with Crippen LogP contribution >= 0.6 is 11.6 Å². The van der Waals surface area contributed by atoms with Gasteiger partial charge < -0.3 is 4.74 Å². The Kier molecular flexibility index (Phi) is 3.93. The van der Waals surface area contributed by atoms with Crippen molar-refractivity contribution >= 4 is 11.6 Å². The summed E-state index contributed by atoms with van der Waals surface area (Å²) in [6.07, 6.45) is 4.33. The maximum absolute atomic E-state index is 6.01. The first-order valence-electron chi connectivity index (χ1n) is 5.63. The van der Waals surface area contributed by atoms with Crippen LogP contribution in [0.5, 0.6) is 0 Å². The Balaban J connectivity index is 2.32. The molecule has 1 atom stereocenters. The van der Waals surface area contributed by atoms with Gasteiger partial charge in [-0.05, 0) is 6.92 Å². The second-order valence-electron chi connectivity index (χ2n) is 4.15. The molecule has 5 nitrogen and oxygen atoms in total. The molecule has 0 amide bonds. The molecule has 18 heavy (non-hydrogen) atoms. The molecule has 96 valence electrons. The van der Waals surface area contributed by atoms with Crippen molar-refractivity contribution in [1.29, 1.82) is 0 Å². The number of ether oxygens (including phenoxy) is 1. The van der Waals surface area contributed by atoms with E-state index in [2.05, 4.69) is 15.1 Å². The Morgan fingerprint density at radius 1 is 1.44 bits per heavy atom. The van der Waals surface area contributed by atoms with E-state index in [0.29, 0.717) is 17.4 Å². The van der Waals surface area contributed by atoms with E-state index in [1.165, 1.54) is 0 Å². The van der Waals surface area contributed by atoms with Crippen LogP contribution in [-0.2, 0) is 18.2 Å².